The fraction of sp³-hybridized carbons (Fsp3) is 0.364. The van der Waals surface area contributed by atoms with E-state index in [1.54, 1.807) is 13.2 Å². The summed E-state index contributed by atoms with van der Waals surface area (Å²) < 4.78 is 35.0. The van der Waals surface area contributed by atoms with E-state index in [9.17, 15) is 8.78 Å². The molecule has 0 radical (unpaired) electrons. The first-order valence-electron chi connectivity index (χ1n) is 9.82. The third-order valence-corrected chi connectivity index (χ3v) is 6.33. The quantitative estimate of drug-likeness (QED) is 0.461. The molecule has 2 aromatic carbocycles. The lowest BCUT2D eigenvalue weighted by Gasteiger charge is -2.25. The van der Waals surface area contributed by atoms with Gasteiger partial charge in [0.2, 0.25) is 0 Å². The van der Waals surface area contributed by atoms with Gasteiger partial charge in [0.15, 0.2) is 22.6 Å². The number of halogens is 2. The minimum absolute atomic E-state index is 0.303. The lowest BCUT2D eigenvalue weighted by molar-refractivity contribution is 0.339. The number of hydrogen-bond acceptors (Lipinski definition) is 4. The lowest BCUT2D eigenvalue weighted by Crippen LogP contribution is -2.15. The number of thioether (sulfide) groups is 1. The molecule has 3 aromatic rings. The van der Waals surface area contributed by atoms with E-state index in [4.69, 9.17) is 4.74 Å². The van der Waals surface area contributed by atoms with Gasteiger partial charge in [0.25, 0.3) is 0 Å². The Labute approximate surface area is 173 Å². The standard InChI is InChI=1S/C22H23F2N3OS/c1-28-18-12-10-15(11-13-18)21-25-26-22(27(21)17-7-3-2-4-8-17)29-14-16-6-5-9-19(23)20(16)24/h5-6,9-13,17H,2-4,7-8,14H2,1H3. The van der Waals surface area contributed by atoms with E-state index in [-0.39, 0.29) is 0 Å². The van der Waals surface area contributed by atoms with Crippen molar-refractivity contribution in [2.75, 3.05) is 7.11 Å². The van der Waals surface area contributed by atoms with Crippen LogP contribution in [0.4, 0.5) is 8.78 Å². The molecule has 152 valence electrons. The molecule has 0 saturated heterocycles. The van der Waals surface area contributed by atoms with Crippen LogP contribution in [-0.4, -0.2) is 21.9 Å². The van der Waals surface area contributed by atoms with Crippen molar-refractivity contribution in [2.24, 2.45) is 0 Å². The van der Waals surface area contributed by atoms with Crippen LogP contribution in [0, 0.1) is 11.6 Å². The predicted octanol–water partition coefficient (Wildman–Crippen LogP) is 6.03. The van der Waals surface area contributed by atoms with Gasteiger partial charge >= 0.3 is 0 Å². The van der Waals surface area contributed by atoms with Crippen LogP contribution < -0.4 is 4.74 Å². The van der Waals surface area contributed by atoms with Crippen molar-refractivity contribution in [3.05, 3.63) is 59.7 Å². The predicted molar refractivity (Wildman–Crippen MR) is 110 cm³/mol. The highest BCUT2D eigenvalue weighted by atomic mass is 32.2. The number of nitrogens with zero attached hydrogens (tertiary/aromatic N) is 3. The summed E-state index contributed by atoms with van der Waals surface area (Å²) in [7, 11) is 1.64. The molecule has 1 fully saturated rings. The number of ether oxygens (including phenoxy) is 1. The molecule has 4 nitrogen and oxygen atoms in total. The van der Waals surface area contributed by atoms with Crippen LogP contribution in [-0.2, 0) is 5.75 Å². The molecule has 4 rings (SSSR count). The van der Waals surface area contributed by atoms with E-state index >= 15 is 0 Å². The van der Waals surface area contributed by atoms with E-state index in [1.807, 2.05) is 24.3 Å². The summed E-state index contributed by atoms with van der Waals surface area (Å²) in [6.45, 7) is 0. The maximum atomic E-state index is 14.1. The Hall–Kier alpha value is -2.41. The molecule has 1 aromatic heterocycles. The highest BCUT2D eigenvalue weighted by Gasteiger charge is 2.24. The zero-order valence-electron chi connectivity index (χ0n) is 16.3. The monoisotopic (exact) mass is 415 g/mol. The molecule has 0 N–H and O–H groups in total. The van der Waals surface area contributed by atoms with Crippen molar-refractivity contribution < 1.29 is 13.5 Å². The van der Waals surface area contributed by atoms with Crippen LogP contribution in [0.25, 0.3) is 11.4 Å². The molecule has 1 heterocycles. The maximum absolute atomic E-state index is 14.1. The summed E-state index contributed by atoms with van der Waals surface area (Å²) in [6.07, 6.45) is 5.74. The molecule has 0 aliphatic heterocycles. The van der Waals surface area contributed by atoms with Crippen molar-refractivity contribution in [1.82, 2.24) is 14.8 Å². The summed E-state index contributed by atoms with van der Waals surface area (Å²) in [5.74, 6) is 0.280. The number of aromatic nitrogens is 3. The number of rotatable bonds is 6. The number of hydrogen-bond donors (Lipinski definition) is 0. The van der Waals surface area contributed by atoms with E-state index in [0.29, 0.717) is 17.4 Å². The molecule has 0 atom stereocenters. The van der Waals surface area contributed by atoms with Crippen LogP contribution in [0.1, 0.15) is 43.7 Å². The Kier molecular flexibility index (Phi) is 6.13. The summed E-state index contributed by atoms with van der Waals surface area (Å²) in [4.78, 5) is 0. The fourth-order valence-electron chi connectivity index (χ4n) is 3.78. The van der Waals surface area contributed by atoms with E-state index in [1.165, 1.54) is 37.1 Å². The number of benzene rings is 2. The molecule has 0 spiro atoms. The van der Waals surface area contributed by atoms with Gasteiger partial charge in [-0.2, -0.15) is 0 Å². The molecular formula is C22H23F2N3OS. The fourth-order valence-corrected chi connectivity index (χ4v) is 4.76. The topological polar surface area (TPSA) is 39.9 Å². The first kappa shape index (κ1) is 19.9. The largest absolute Gasteiger partial charge is 0.497 e. The van der Waals surface area contributed by atoms with Gasteiger partial charge in [0.05, 0.1) is 7.11 Å². The van der Waals surface area contributed by atoms with Crippen molar-refractivity contribution in [3.8, 4) is 17.1 Å². The minimum atomic E-state index is -0.823. The van der Waals surface area contributed by atoms with Gasteiger partial charge in [-0.05, 0) is 43.2 Å². The Morgan fingerprint density at radius 2 is 1.79 bits per heavy atom. The summed E-state index contributed by atoms with van der Waals surface area (Å²) in [5, 5.41) is 9.60. The average molecular weight is 416 g/mol. The molecule has 7 heteroatoms. The van der Waals surface area contributed by atoms with Gasteiger partial charge in [-0.3, -0.25) is 4.57 Å². The highest BCUT2D eigenvalue weighted by molar-refractivity contribution is 7.98. The molecule has 0 bridgehead atoms. The van der Waals surface area contributed by atoms with Gasteiger partial charge in [0.1, 0.15) is 5.75 Å². The van der Waals surface area contributed by atoms with Gasteiger partial charge in [0, 0.05) is 22.9 Å². The average Bonchev–Trinajstić information content (AvgIpc) is 3.19. The Balaban J connectivity index is 1.65. The van der Waals surface area contributed by atoms with Crippen LogP contribution >= 0.6 is 11.8 Å². The number of methoxy groups -OCH3 is 1. The first-order valence-corrected chi connectivity index (χ1v) is 10.8. The second kappa shape index (κ2) is 8.95. The van der Waals surface area contributed by atoms with Crippen LogP contribution in [0.5, 0.6) is 5.75 Å². The second-order valence-corrected chi connectivity index (χ2v) is 8.14. The van der Waals surface area contributed by atoms with Crippen LogP contribution in [0.3, 0.4) is 0 Å². The molecule has 0 unspecified atom stereocenters. The van der Waals surface area contributed by atoms with E-state index < -0.39 is 11.6 Å². The molecule has 29 heavy (non-hydrogen) atoms. The van der Waals surface area contributed by atoms with Gasteiger partial charge in [-0.25, -0.2) is 8.78 Å². The molecule has 0 amide bonds. The lowest BCUT2D eigenvalue weighted by atomic mass is 9.95. The summed E-state index contributed by atoms with van der Waals surface area (Å²) >= 11 is 1.40. The Morgan fingerprint density at radius 3 is 2.52 bits per heavy atom. The first-order chi connectivity index (χ1) is 14.2. The van der Waals surface area contributed by atoms with Crippen molar-refractivity contribution in [2.45, 2.75) is 49.1 Å². The van der Waals surface area contributed by atoms with Crippen molar-refractivity contribution >= 4 is 11.8 Å². The highest BCUT2D eigenvalue weighted by Crippen LogP contribution is 2.36. The van der Waals surface area contributed by atoms with Gasteiger partial charge in [-0.15, -0.1) is 10.2 Å². The molecular weight excluding hydrogens is 392 g/mol. The van der Waals surface area contributed by atoms with Crippen LogP contribution in [0.15, 0.2) is 47.6 Å². The SMILES string of the molecule is COc1ccc(-c2nnc(SCc3cccc(F)c3F)n2C2CCCCC2)cc1. The normalized spacial score (nSPS) is 14.9. The van der Waals surface area contributed by atoms with Gasteiger partial charge < -0.3 is 4.74 Å². The third kappa shape index (κ3) is 4.29. The zero-order chi connectivity index (χ0) is 20.2. The van der Waals surface area contributed by atoms with Crippen molar-refractivity contribution in [3.63, 3.8) is 0 Å². The van der Waals surface area contributed by atoms with Gasteiger partial charge in [-0.1, -0.05) is 43.2 Å². The van der Waals surface area contributed by atoms with Crippen LogP contribution in [0.2, 0.25) is 0 Å². The molecule has 1 aliphatic carbocycles. The zero-order valence-corrected chi connectivity index (χ0v) is 17.1. The second-order valence-electron chi connectivity index (χ2n) is 7.20. The summed E-state index contributed by atoms with van der Waals surface area (Å²) in [5.41, 5.74) is 1.30. The maximum Gasteiger partial charge on any atom is 0.192 e. The molecule has 1 aliphatic rings. The molecule has 1 saturated carbocycles. The van der Waals surface area contributed by atoms with E-state index in [0.717, 1.165) is 41.2 Å². The minimum Gasteiger partial charge on any atom is -0.497 e. The van der Waals surface area contributed by atoms with Crippen molar-refractivity contribution in [1.29, 1.82) is 0 Å². The Morgan fingerprint density at radius 1 is 1.03 bits per heavy atom. The van der Waals surface area contributed by atoms with E-state index in [2.05, 4.69) is 14.8 Å². The Bertz CT molecular complexity index is 969. The summed E-state index contributed by atoms with van der Waals surface area (Å²) in [6, 6.07) is 12.4. The third-order valence-electron chi connectivity index (χ3n) is 5.34. The smallest absolute Gasteiger partial charge is 0.192 e.